The number of aromatic nitrogens is 2. The van der Waals surface area contributed by atoms with E-state index in [2.05, 4.69) is 11.9 Å². The van der Waals surface area contributed by atoms with Crippen LogP contribution in [0.2, 0.25) is 0 Å². The number of likely N-dealkylation sites (N-methyl/N-ethyl adjacent to an activating group) is 1. The van der Waals surface area contributed by atoms with Crippen LogP contribution in [0.25, 0.3) is 11.0 Å². The predicted octanol–water partition coefficient (Wildman–Crippen LogP) is 2.93. The van der Waals surface area contributed by atoms with E-state index >= 15 is 0 Å². The SMILES string of the molecule is C=CC(=O)NCCCc1nc2ccccc2n1CC(=O)N(C)Cc1ccccc1. The lowest BCUT2D eigenvalue weighted by Gasteiger charge is -2.19. The molecule has 0 spiro atoms. The molecule has 0 aliphatic heterocycles. The van der Waals surface area contributed by atoms with Crippen LogP contribution in [0.4, 0.5) is 0 Å². The molecule has 0 atom stereocenters. The van der Waals surface area contributed by atoms with E-state index in [4.69, 9.17) is 4.98 Å². The van der Waals surface area contributed by atoms with Gasteiger partial charge < -0.3 is 14.8 Å². The lowest BCUT2D eigenvalue weighted by atomic mass is 10.2. The molecule has 150 valence electrons. The van der Waals surface area contributed by atoms with Crippen molar-refractivity contribution >= 4 is 22.8 Å². The fraction of sp³-hybridized carbons (Fsp3) is 0.261. The molecule has 0 unspecified atom stereocenters. The first-order valence-corrected chi connectivity index (χ1v) is 9.71. The summed E-state index contributed by atoms with van der Waals surface area (Å²) in [6, 6.07) is 17.8. The number of imidazole rings is 1. The molecule has 6 nitrogen and oxygen atoms in total. The zero-order valence-electron chi connectivity index (χ0n) is 16.7. The molecule has 0 radical (unpaired) electrons. The van der Waals surface area contributed by atoms with Gasteiger partial charge in [0.1, 0.15) is 12.4 Å². The largest absolute Gasteiger partial charge is 0.353 e. The van der Waals surface area contributed by atoms with Gasteiger partial charge in [0.15, 0.2) is 0 Å². The standard InChI is InChI=1S/C23H26N4O2/c1-3-22(28)24-15-9-14-21-25-19-12-7-8-13-20(19)27(21)17-23(29)26(2)16-18-10-5-4-6-11-18/h3-8,10-13H,1,9,14-17H2,2H3,(H,24,28). The van der Waals surface area contributed by atoms with Gasteiger partial charge in [0, 0.05) is 26.6 Å². The number of carbonyl (C=O) groups excluding carboxylic acids is 2. The molecule has 1 heterocycles. The molecule has 0 aliphatic carbocycles. The van der Waals surface area contributed by atoms with Crippen LogP contribution in [0.15, 0.2) is 67.3 Å². The van der Waals surface area contributed by atoms with Crippen LogP contribution < -0.4 is 5.32 Å². The first-order valence-electron chi connectivity index (χ1n) is 9.71. The van der Waals surface area contributed by atoms with Crippen LogP contribution in [-0.2, 0) is 29.1 Å². The molecule has 3 rings (SSSR count). The molecule has 1 aromatic heterocycles. The van der Waals surface area contributed by atoms with Gasteiger partial charge in [-0.1, -0.05) is 49.0 Å². The van der Waals surface area contributed by atoms with Crippen LogP contribution in [-0.4, -0.2) is 39.9 Å². The van der Waals surface area contributed by atoms with E-state index in [0.29, 0.717) is 19.5 Å². The Labute approximate surface area is 170 Å². The molecular weight excluding hydrogens is 364 g/mol. The van der Waals surface area contributed by atoms with Gasteiger partial charge in [0.2, 0.25) is 11.8 Å². The highest BCUT2D eigenvalue weighted by Gasteiger charge is 2.16. The van der Waals surface area contributed by atoms with E-state index in [-0.39, 0.29) is 18.4 Å². The number of nitrogens with zero attached hydrogens (tertiary/aromatic N) is 3. The van der Waals surface area contributed by atoms with Crippen molar-refractivity contribution in [1.29, 1.82) is 0 Å². The van der Waals surface area contributed by atoms with Gasteiger partial charge in [-0.25, -0.2) is 4.98 Å². The van der Waals surface area contributed by atoms with E-state index in [1.165, 1.54) is 6.08 Å². The Morgan fingerprint density at radius 1 is 1.14 bits per heavy atom. The average Bonchev–Trinajstić information content (AvgIpc) is 3.09. The number of hydrogen-bond acceptors (Lipinski definition) is 3. The van der Waals surface area contributed by atoms with Gasteiger partial charge in [-0.15, -0.1) is 0 Å². The highest BCUT2D eigenvalue weighted by molar-refractivity contribution is 5.86. The van der Waals surface area contributed by atoms with Gasteiger partial charge in [0.05, 0.1) is 11.0 Å². The van der Waals surface area contributed by atoms with Crippen LogP contribution in [0.3, 0.4) is 0 Å². The topological polar surface area (TPSA) is 67.2 Å². The van der Waals surface area contributed by atoms with Crippen molar-refractivity contribution in [3.63, 3.8) is 0 Å². The van der Waals surface area contributed by atoms with Crippen molar-refractivity contribution in [3.8, 4) is 0 Å². The highest BCUT2D eigenvalue weighted by atomic mass is 16.2. The zero-order chi connectivity index (χ0) is 20.6. The molecule has 6 heteroatoms. The molecule has 1 N–H and O–H groups in total. The summed E-state index contributed by atoms with van der Waals surface area (Å²) in [5.74, 6) is 0.690. The lowest BCUT2D eigenvalue weighted by molar-refractivity contribution is -0.131. The first kappa shape index (κ1) is 20.3. The number of rotatable bonds is 9. The third kappa shape index (κ3) is 5.31. The number of benzene rings is 2. The quantitative estimate of drug-likeness (QED) is 0.451. The van der Waals surface area contributed by atoms with Crippen LogP contribution in [0.1, 0.15) is 17.8 Å². The number of hydrogen-bond donors (Lipinski definition) is 1. The lowest BCUT2D eigenvalue weighted by Crippen LogP contribution is -2.30. The number of carbonyl (C=O) groups is 2. The maximum atomic E-state index is 12.9. The van der Waals surface area contributed by atoms with Crippen LogP contribution in [0, 0.1) is 0 Å². The third-order valence-electron chi connectivity index (χ3n) is 4.78. The highest BCUT2D eigenvalue weighted by Crippen LogP contribution is 2.18. The number of para-hydroxylation sites is 2. The van der Waals surface area contributed by atoms with Crippen molar-refractivity contribution < 1.29 is 9.59 Å². The van der Waals surface area contributed by atoms with Crippen molar-refractivity contribution in [2.45, 2.75) is 25.9 Å². The van der Waals surface area contributed by atoms with Crippen molar-refractivity contribution in [1.82, 2.24) is 19.8 Å². The molecule has 3 aromatic rings. The molecule has 2 amide bonds. The van der Waals surface area contributed by atoms with Gasteiger partial charge in [0.25, 0.3) is 0 Å². The number of nitrogens with one attached hydrogen (secondary N) is 1. The Bertz CT molecular complexity index is 995. The summed E-state index contributed by atoms with van der Waals surface area (Å²) in [5.41, 5.74) is 2.91. The van der Waals surface area contributed by atoms with Gasteiger partial charge in [-0.2, -0.15) is 0 Å². The number of aryl methyl sites for hydroxylation is 1. The van der Waals surface area contributed by atoms with E-state index < -0.39 is 0 Å². The fourth-order valence-corrected chi connectivity index (χ4v) is 3.22. The molecule has 2 aromatic carbocycles. The normalized spacial score (nSPS) is 10.7. The minimum absolute atomic E-state index is 0.0261. The van der Waals surface area contributed by atoms with E-state index in [1.54, 1.807) is 4.90 Å². The van der Waals surface area contributed by atoms with Gasteiger partial charge in [-0.3, -0.25) is 9.59 Å². The molecule has 0 aliphatic rings. The second-order valence-electron chi connectivity index (χ2n) is 6.94. The fourth-order valence-electron chi connectivity index (χ4n) is 3.22. The second-order valence-corrected chi connectivity index (χ2v) is 6.94. The molecule has 0 bridgehead atoms. The Morgan fingerprint density at radius 2 is 1.86 bits per heavy atom. The number of amides is 2. The monoisotopic (exact) mass is 390 g/mol. The second kappa shape index (κ2) is 9.68. The first-order chi connectivity index (χ1) is 14.1. The van der Waals surface area contributed by atoms with Crippen LogP contribution >= 0.6 is 0 Å². The van der Waals surface area contributed by atoms with E-state index in [1.807, 2.05) is 66.2 Å². The Balaban J connectivity index is 1.71. The average molecular weight is 390 g/mol. The third-order valence-corrected chi connectivity index (χ3v) is 4.78. The summed E-state index contributed by atoms with van der Waals surface area (Å²) in [6.45, 7) is 4.79. The maximum Gasteiger partial charge on any atom is 0.243 e. The Hall–Kier alpha value is -3.41. The molecule has 0 fully saturated rings. The van der Waals surface area contributed by atoms with E-state index in [0.717, 1.165) is 28.8 Å². The van der Waals surface area contributed by atoms with Crippen LogP contribution in [0.5, 0.6) is 0 Å². The molecular formula is C23H26N4O2. The summed E-state index contributed by atoms with van der Waals surface area (Å²) in [6.07, 6.45) is 2.66. The minimum Gasteiger partial charge on any atom is -0.353 e. The minimum atomic E-state index is -0.184. The summed E-state index contributed by atoms with van der Waals surface area (Å²) in [7, 11) is 1.82. The molecule has 0 saturated heterocycles. The number of fused-ring (bicyclic) bond motifs is 1. The summed E-state index contributed by atoms with van der Waals surface area (Å²) in [4.78, 5) is 30.6. The van der Waals surface area contributed by atoms with Gasteiger partial charge >= 0.3 is 0 Å². The summed E-state index contributed by atoms with van der Waals surface area (Å²) >= 11 is 0. The Morgan fingerprint density at radius 3 is 2.62 bits per heavy atom. The van der Waals surface area contributed by atoms with Crippen molar-refractivity contribution in [2.75, 3.05) is 13.6 Å². The smallest absolute Gasteiger partial charge is 0.243 e. The molecule has 0 saturated carbocycles. The predicted molar refractivity (Wildman–Crippen MR) is 114 cm³/mol. The Kier molecular flexibility index (Phi) is 6.79. The maximum absolute atomic E-state index is 12.9. The summed E-state index contributed by atoms with van der Waals surface area (Å²) in [5, 5.41) is 2.77. The van der Waals surface area contributed by atoms with E-state index in [9.17, 15) is 9.59 Å². The summed E-state index contributed by atoms with van der Waals surface area (Å²) < 4.78 is 1.98. The molecule has 29 heavy (non-hydrogen) atoms. The van der Waals surface area contributed by atoms with Crippen molar-refractivity contribution in [2.24, 2.45) is 0 Å². The van der Waals surface area contributed by atoms with Crippen molar-refractivity contribution in [3.05, 3.63) is 78.6 Å². The zero-order valence-corrected chi connectivity index (χ0v) is 16.7. The van der Waals surface area contributed by atoms with Gasteiger partial charge in [-0.05, 0) is 30.2 Å².